The molecule has 0 fully saturated rings. The van der Waals surface area contributed by atoms with Crippen LogP contribution in [0.4, 0.5) is 0 Å². The lowest BCUT2D eigenvalue weighted by atomic mass is 9.93. The van der Waals surface area contributed by atoms with Crippen LogP contribution in [0.1, 0.15) is 51.9 Å². The Labute approximate surface area is 114 Å². The molecule has 1 atom stereocenters. The molecule has 0 aromatic rings. The third-order valence-corrected chi connectivity index (χ3v) is 3.32. The van der Waals surface area contributed by atoms with Gasteiger partial charge in [-0.3, -0.25) is 0 Å². The molecule has 0 aromatic carbocycles. The molecule has 0 rings (SSSR count). The number of unbranched alkanes of at least 4 members (excludes halogenated alkanes) is 2. The Hall–Kier alpha value is 0.790. The van der Waals surface area contributed by atoms with E-state index in [1.54, 1.807) is 0 Å². The summed E-state index contributed by atoms with van der Waals surface area (Å²) in [6, 6.07) is 0. The van der Waals surface area contributed by atoms with Crippen molar-refractivity contribution in [1.29, 1.82) is 0 Å². The summed E-state index contributed by atoms with van der Waals surface area (Å²) in [6.07, 6.45) is 6.79. The highest BCUT2D eigenvalue weighted by Crippen LogP contribution is 2.32. The van der Waals surface area contributed by atoms with Crippen LogP contribution in [0.25, 0.3) is 0 Å². The van der Waals surface area contributed by atoms with Crippen molar-refractivity contribution >= 4 is 34.8 Å². The standard InChI is InChI=1S/C11H23Cl3N2/c1-2-3-6-9(10(15)16)7-4-5-8-11(12,13)14/h9-10H,2-8,15-16H2,1H3. The number of nitrogens with two attached hydrogens (primary N) is 2. The summed E-state index contributed by atoms with van der Waals surface area (Å²) in [5.74, 6) is 0.398. The maximum Gasteiger partial charge on any atom is 0.190 e. The highest BCUT2D eigenvalue weighted by molar-refractivity contribution is 6.67. The van der Waals surface area contributed by atoms with Crippen molar-refractivity contribution in [3.05, 3.63) is 0 Å². The fraction of sp³-hybridized carbons (Fsp3) is 1.00. The fourth-order valence-electron chi connectivity index (χ4n) is 1.73. The van der Waals surface area contributed by atoms with E-state index in [4.69, 9.17) is 46.3 Å². The van der Waals surface area contributed by atoms with Crippen LogP contribution in [-0.2, 0) is 0 Å². The van der Waals surface area contributed by atoms with Gasteiger partial charge in [0.1, 0.15) is 0 Å². The molecule has 0 saturated carbocycles. The van der Waals surface area contributed by atoms with Crippen molar-refractivity contribution in [3.8, 4) is 0 Å². The quantitative estimate of drug-likeness (QED) is 0.403. The molecule has 5 heteroatoms. The molecule has 0 aliphatic carbocycles. The summed E-state index contributed by atoms with van der Waals surface area (Å²) >= 11 is 17.0. The minimum atomic E-state index is -1.12. The minimum Gasteiger partial charge on any atom is -0.316 e. The van der Waals surface area contributed by atoms with Gasteiger partial charge in [-0.25, -0.2) is 0 Å². The van der Waals surface area contributed by atoms with Gasteiger partial charge < -0.3 is 11.5 Å². The Morgan fingerprint density at radius 3 is 2.00 bits per heavy atom. The molecule has 0 bridgehead atoms. The number of alkyl halides is 3. The second-order valence-electron chi connectivity index (χ2n) is 4.34. The summed E-state index contributed by atoms with van der Waals surface area (Å²) in [4.78, 5) is 0. The maximum absolute atomic E-state index is 5.75. The molecule has 0 aliphatic rings. The van der Waals surface area contributed by atoms with Gasteiger partial charge in [-0.1, -0.05) is 61.0 Å². The largest absolute Gasteiger partial charge is 0.316 e. The fourth-order valence-corrected chi connectivity index (χ4v) is 2.13. The van der Waals surface area contributed by atoms with Gasteiger partial charge in [-0.15, -0.1) is 0 Å². The summed E-state index contributed by atoms with van der Waals surface area (Å²) < 4.78 is -1.12. The first-order valence-electron chi connectivity index (χ1n) is 5.94. The van der Waals surface area contributed by atoms with Crippen molar-refractivity contribution in [2.45, 2.75) is 61.8 Å². The van der Waals surface area contributed by atoms with Gasteiger partial charge in [0.05, 0.1) is 6.17 Å². The second kappa shape index (κ2) is 8.82. The summed E-state index contributed by atoms with van der Waals surface area (Å²) in [5.41, 5.74) is 11.5. The van der Waals surface area contributed by atoms with Gasteiger partial charge in [0.25, 0.3) is 0 Å². The van der Waals surface area contributed by atoms with Crippen LogP contribution < -0.4 is 11.5 Å². The highest BCUT2D eigenvalue weighted by Gasteiger charge is 2.19. The molecule has 2 nitrogen and oxygen atoms in total. The van der Waals surface area contributed by atoms with Crippen molar-refractivity contribution in [3.63, 3.8) is 0 Å². The molecular weight excluding hydrogens is 266 g/mol. The van der Waals surface area contributed by atoms with Gasteiger partial charge in [-0.05, 0) is 31.6 Å². The number of rotatable bonds is 8. The van der Waals surface area contributed by atoms with E-state index in [9.17, 15) is 0 Å². The molecule has 98 valence electrons. The van der Waals surface area contributed by atoms with Crippen LogP contribution >= 0.6 is 34.8 Å². The number of halogens is 3. The zero-order valence-electron chi connectivity index (χ0n) is 9.89. The van der Waals surface area contributed by atoms with Crippen molar-refractivity contribution in [2.75, 3.05) is 0 Å². The van der Waals surface area contributed by atoms with Crippen LogP contribution in [0.3, 0.4) is 0 Å². The monoisotopic (exact) mass is 288 g/mol. The van der Waals surface area contributed by atoms with Crippen LogP contribution in [0.2, 0.25) is 0 Å². The molecule has 0 spiro atoms. The van der Waals surface area contributed by atoms with Crippen molar-refractivity contribution in [1.82, 2.24) is 0 Å². The Bertz CT molecular complexity index is 169. The molecule has 0 radical (unpaired) electrons. The van der Waals surface area contributed by atoms with E-state index in [1.807, 2.05) is 0 Å². The Morgan fingerprint density at radius 2 is 1.56 bits per heavy atom. The van der Waals surface area contributed by atoms with E-state index in [0.717, 1.165) is 25.7 Å². The van der Waals surface area contributed by atoms with E-state index in [1.165, 1.54) is 12.8 Å². The van der Waals surface area contributed by atoms with Gasteiger partial charge in [-0.2, -0.15) is 0 Å². The van der Waals surface area contributed by atoms with Gasteiger partial charge >= 0.3 is 0 Å². The third-order valence-electron chi connectivity index (χ3n) is 2.76. The zero-order chi connectivity index (χ0) is 12.6. The topological polar surface area (TPSA) is 52.0 Å². The average molecular weight is 290 g/mol. The summed E-state index contributed by atoms with van der Waals surface area (Å²) in [5, 5.41) is 0. The van der Waals surface area contributed by atoms with Crippen LogP contribution in [0, 0.1) is 5.92 Å². The molecule has 0 aromatic heterocycles. The van der Waals surface area contributed by atoms with Crippen molar-refractivity contribution < 1.29 is 0 Å². The van der Waals surface area contributed by atoms with E-state index >= 15 is 0 Å². The van der Waals surface area contributed by atoms with Crippen LogP contribution in [0.15, 0.2) is 0 Å². The third kappa shape index (κ3) is 9.98. The van der Waals surface area contributed by atoms with Crippen LogP contribution in [0.5, 0.6) is 0 Å². The Balaban J connectivity index is 3.68. The average Bonchev–Trinajstić information content (AvgIpc) is 2.14. The molecule has 0 aliphatic heterocycles. The summed E-state index contributed by atoms with van der Waals surface area (Å²) in [6.45, 7) is 2.17. The lowest BCUT2D eigenvalue weighted by molar-refractivity contribution is 0.351. The smallest absolute Gasteiger partial charge is 0.190 e. The summed E-state index contributed by atoms with van der Waals surface area (Å²) in [7, 11) is 0. The lowest BCUT2D eigenvalue weighted by Crippen LogP contribution is -2.38. The van der Waals surface area contributed by atoms with Crippen molar-refractivity contribution in [2.24, 2.45) is 17.4 Å². The maximum atomic E-state index is 5.75. The zero-order valence-corrected chi connectivity index (χ0v) is 12.2. The lowest BCUT2D eigenvalue weighted by Gasteiger charge is -2.20. The number of hydrogen-bond acceptors (Lipinski definition) is 2. The van der Waals surface area contributed by atoms with E-state index in [2.05, 4.69) is 6.92 Å². The first-order chi connectivity index (χ1) is 7.37. The molecule has 1 unspecified atom stereocenters. The van der Waals surface area contributed by atoms with Gasteiger partial charge in [0, 0.05) is 0 Å². The Kier molecular flexibility index (Phi) is 9.25. The predicted octanol–water partition coefficient (Wildman–Crippen LogP) is 3.97. The second-order valence-corrected chi connectivity index (χ2v) is 6.86. The molecule has 16 heavy (non-hydrogen) atoms. The first kappa shape index (κ1) is 16.8. The molecule has 0 saturated heterocycles. The molecule has 4 N–H and O–H groups in total. The SMILES string of the molecule is CCCCC(CCCCC(Cl)(Cl)Cl)C(N)N. The molecule has 0 amide bonds. The normalized spacial score (nSPS) is 14.4. The van der Waals surface area contributed by atoms with Gasteiger partial charge in [0.2, 0.25) is 0 Å². The minimum absolute atomic E-state index is 0.223. The van der Waals surface area contributed by atoms with E-state index in [-0.39, 0.29) is 6.17 Å². The van der Waals surface area contributed by atoms with E-state index in [0.29, 0.717) is 12.3 Å². The molecular formula is C11H23Cl3N2. The molecule has 0 heterocycles. The van der Waals surface area contributed by atoms with Gasteiger partial charge in [0.15, 0.2) is 3.79 Å². The highest BCUT2D eigenvalue weighted by atomic mass is 35.6. The van der Waals surface area contributed by atoms with E-state index < -0.39 is 3.79 Å². The predicted molar refractivity (Wildman–Crippen MR) is 73.9 cm³/mol. The Morgan fingerprint density at radius 1 is 1.00 bits per heavy atom. The first-order valence-corrected chi connectivity index (χ1v) is 7.08. The van der Waals surface area contributed by atoms with Crippen LogP contribution in [-0.4, -0.2) is 9.96 Å². The number of hydrogen-bond donors (Lipinski definition) is 2.